The van der Waals surface area contributed by atoms with Crippen LogP contribution >= 0.6 is 0 Å². The Morgan fingerprint density at radius 3 is 2.80 bits per heavy atom. The summed E-state index contributed by atoms with van der Waals surface area (Å²) in [7, 11) is 0. The Balaban J connectivity index is 1.71. The van der Waals surface area contributed by atoms with E-state index in [1.807, 2.05) is 18.2 Å². The van der Waals surface area contributed by atoms with E-state index < -0.39 is 0 Å². The Morgan fingerprint density at radius 1 is 1.35 bits per heavy atom. The van der Waals surface area contributed by atoms with E-state index in [1.165, 1.54) is 5.56 Å². The maximum atomic E-state index is 12.3. The van der Waals surface area contributed by atoms with Crippen molar-refractivity contribution in [1.29, 1.82) is 0 Å². The highest BCUT2D eigenvalue weighted by Gasteiger charge is 2.25. The number of aromatic nitrogens is 2. The highest BCUT2D eigenvalue weighted by molar-refractivity contribution is 5.33. The molecule has 104 valence electrons. The van der Waals surface area contributed by atoms with Crippen molar-refractivity contribution in [2.75, 3.05) is 5.32 Å². The van der Waals surface area contributed by atoms with E-state index in [-0.39, 0.29) is 11.6 Å². The van der Waals surface area contributed by atoms with Crippen molar-refractivity contribution >= 4 is 5.82 Å². The molecule has 1 aliphatic rings. The summed E-state index contributed by atoms with van der Waals surface area (Å²) in [5.74, 6) is 0.461. The van der Waals surface area contributed by atoms with Crippen molar-refractivity contribution in [3.05, 3.63) is 58.6 Å². The molecule has 0 spiro atoms. The number of rotatable bonds is 5. The minimum atomic E-state index is -0.00471. The molecule has 1 atom stereocenters. The summed E-state index contributed by atoms with van der Waals surface area (Å²) in [6, 6.07) is 10.8. The number of hydrogen-bond acceptors (Lipinski definition) is 3. The molecule has 0 amide bonds. The van der Waals surface area contributed by atoms with Gasteiger partial charge in [0.15, 0.2) is 5.82 Å². The molecular weight excluding hydrogens is 250 g/mol. The van der Waals surface area contributed by atoms with Crippen LogP contribution in [0.3, 0.4) is 0 Å². The fourth-order valence-electron chi connectivity index (χ4n) is 2.42. The van der Waals surface area contributed by atoms with Gasteiger partial charge in [-0.1, -0.05) is 30.3 Å². The zero-order valence-corrected chi connectivity index (χ0v) is 11.6. The monoisotopic (exact) mass is 269 g/mol. The van der Waals surface area contributed by atoms with Gasteiger partial charge in [-0.2, -0.15) is 0 Å². The van der Waals surface area contributed by atoms with Gasteiger partial charge in [-0.15, -0.1) is 0 Å². The van der Waals surface area contributed by atoms with Gasteiger partial charge >= 0.3 is 0 Å². The second-order valence-corrected chi connectivity index (χ2v) is 5.45. The third-order valence-corrected chi connectivity index (χ3v) is 3.58. The topological polar surface area (TPSA) is 46.9 Å². The van der Waals surface area contributed by atoms with Crippen LogP contribution in [0.15, 0.2) is 47.5 Å². The van der Waals surface area contributed by atoms with Gasteiger partial charge in [0.2, 0.25) is 0 Å². The lowest BCUT2D eigenvalue weighted by Crippen LogP contribution is -2.28. The summed E-state index contributed by atoms with van der Waals surface area (Å²) in [6.45, 7) is 2.07. The van der Waals surface area contributed by atoms with Crippen LogP contribution in [0.2, 0.25) is 0 Å². The largest absolute Gasteiger partial charge is 0.363 e. The van der Waals surface area contributed by atoms with Crippen molar-refractivity contribution < 1.29 is 0 Å². The molecule has 0 bridgehead atoms. The van der Waals surface area contributed by atoms with Crippen molar-refractivity contribution in [3.63, 3.8) is 0 Å². The zero-order valence-electron chi connectivity index (χ0n) is 11.6. The Morgan fingerprint density at radius 2 is 2.10 bits per heavy atom. The Kier molecular flexibility index (Phi) is 3.54. The van der Waals surface area contributed by atoms with Crippen LogP contribution < -0.4 is 10.9 Å². The van der Waals surface area contributed by atoms with Gasteiger partial charge in [0, 0.05) is 24.5 Å². The highest BCUT2D eigenvalue weighted by atomic mass is 16.1. The van der Waals surface area contributed by atoms with E-state index in [9.17, 15) is 4.79 Å². The normalized spacial score (nSPS) is 15.8. The summed E-state index contributed by atoms with van der Waals surface area (Å²) < 4.78 is 1.80. The van der Waals surface area contributed by atoms with Crippen LogP contribution in [0, 0.1) is 0 Å². The average Bonchev–Trinajstić information content (AvgIpc) is 3.27. The molecule has 1 heterocycles. The average molecular weight is 269 g/mol. The maximum Gasteiger partial charge on any atom is 0.293 e. The van der Waals surface area contributed by atoms with E-state index in [1.54, 1.807) is 17.0 Å². The van der Waals surface area contributed by atoms with E-state index in [2.05, 4.69) is 29.4 Å². The summed E-state index contributed by atoms with van der Waals surface area (Å²) >= 11 is 0. The standard InChI is InChI=1S/C16H19N3O/c1-12(11-13-5-3-2-4-6-13)18-15-16(20)19(10-9-17-15)14-7-8-14/h2-6,9-10,12,14H,7-8,11H2,1H3,(H,17,18). The first-order valence-corrected chi connectivity index (χ1v) is 7.11. The second-order valence-electron chi connectivity index (χ2n) is 5.45. The van der Waals surface area contributed by atoms with E-state index in [0.29, 0.717) is 11.9 Å². The van der Waals surface area contributed by atoms with Gasteiger partial charge in [0.25, 0.3) is 5.56 Å². The SMILES string of the molecule is CC(Cc1ccccc1)Nc1nccn(C2CC2)c1=O. The van der Waals surface area contributed by atoms with Crippen LogP contribution in [-0.2, 0) is 6.42 Å². The summed E-state index contributed by atoms with van der Waals surface area (Å²) in [6.07, 6.45) is 6.57. The molecule has 0 saturated heterocycles. The van der Waals surface area contributed by atoms with Gasteiger partial charge < -0.3 is 9.88 Å². The molecule has 1 saturated carbocycles. The van der Waals surface area contributed by atoms with Crippen molar-refractivity contribution in [3.8, 4) is 0 Å². The van der Waals surface area contributed by atoms with Gasteiger partial charge in [-0.05, 0) is 31.7 Å². The zero-order chi connectivity index (χ0) is 13.9. The van der Waals surface area contributed by atoms with Crippen molar-refractivity contribution in [2.45, 2.75) is 38.3 Å². The third-order valence-electron chi connectivity index (χ3n) is 3.58. The van der Waals surface area contributed by atoms with Crippen LogP contribution in [0.1, 0.15) is 31.4 Å². The minimum absolute atomic E-state index is 0.00471. The van der Waals surface area contributed by atoms with Gasteiger partial charge in [0.05, 0.1) is 0 Å². The predicted octanol–water partition coefficient (Wildman–Crippen LogP) is 2.62. The summed E-state index contributed by atoms with van der Waals surface area (Å²) in [4.78, 5) is 16.5. The van der Waals surface area contributed by atoms with Gasteiger partial charge in [-0.3, -0.25) is 4.79 Å². The number of anilines is 1. The Labute approximate surface area is 118 Å². The molecule has 1 aromatic heterocycles. The third kappa shape index (κ3) is 2.90. The molecule has 0 aliphatic heterocycles. The lowest BCUT2D eigenvalue weighted by atomic mass is 10.1. The molecule has 1 aliphatic carbocycles. The molecule has 1 aromatic carbocycles. The fourth-order valence-corrected chi connectivity index (χ4v) is 2.42. The first kappa shape index (κ1) is 12.9. The smallest absolute Gasteiger partial charge is 0.293 e. The molecule has 1 N–H and O–H groups in total. The van der Waals surface area contributed by atoms with Crippen molar-refractivity contribution in [2.24, 2.45) is 0 Å². The molecule has 1 unspecified atom stereocenters. The molecule has 4 nitrogen and oxygen atoms in total. The maximum absolute atomic E-state index is 12.3. The Hall–Kier alpha value is -2.10. The number of nitrogens with zero attached hydrogens (tertiary/aromatic N) is 2. The van der Waals surface area contributed by atoms with Crippen LogP contribution in [0.5, 0.6) is 0 Å². The number of benzene rings is 1. The second kappa shape index (κ2) is 5.49. The van der Waals surface area contributed by atoms with E-state index >= 15 is 0 Å². The fraction of sp³-hybridized carbons (Fsp3) is 0.375. The first-order chi connectivity index (χ1) is 9.74. The van der Waals surface area contributed by atoms with E-state index in [4.69, 9.17) is 0 Å². The number of nitrogens with one attached hydrogen (secondary N) is 1. The molecule has 2 aromatic rings. The highest BCUT2D eigenvalue weighted by Crippen LogP contribution is 2.33. The van der Waals surface area contributed by atoms with Crippen LogP contribution in [0.4, 0.5) is 5.82 Å². The molecular formula is C16H19N3O. The first-order valence-electron chi connectivity index (χ1n) is 7.11. The summed E-state index contributed by atoms with van der Waals surface area (Å²) in [5, 5.41) is 3.24. The summed E-state index contributed by atoms with van der Waals surface area (Å²) in [5.41, 5.74) is 1.25. The molecule has 20 heavy (non-hydrogen) atoms. The van der Waals surface area contributed by atoms with Crippen molar-refractivity contribution in [1.82, 2.24) is 9.55 Å². The van der Waals surface area contributed by atoms with Gasteiger partial charge in [0.1, 0.15) is 0 Å². The molecule has 0 radical (unpaired) electrons. The lowest BCUT2D eigenvalue weighted by molar-refractivity contribution is 0.692. The lowest BCUT2D eigenvalue weighted by Gasteiger charge is -2.15. The quantitative estimate of drug-likeness (QED) is 0.907. The minimum Gasteiger partial charge on any atom is -0.363 e. The molecule has 1 fully saturated rings. The predicted molar refractivity (Wildman–Crippen MR) is 80.0 cm³/mol. The van der Waals surface area contributed by atoms with E-state index in [0.717, 1.165) is 19.3 Å². The van der Waals surface area contributed by atoms with Crippen LogP contribution in [-0.4, -0.2) is 15.6 Å². The molecule has 4 heteroatoms. The van der Waals surface area contributed by atoms with Crippen LogP contribution in [0.25, 0.3) is 0 Å². The Bertz CT molecular complexity index is 632. The molecule has 3 rings (SSSR count). The van der Waals surface area contributed by atoms with Gasteiger partial charge in [-0.25, -0.2) is 4.98 Å². The number of hydrogen-bond donors (Lipinski definition) is 1.